The maximum absolute atomic E-state index is 12.5. The van der Waals surface area contributed by atoms with Crippen LogP contribution in [-0.4, -0.2) is 33.2 Å². The molecule has 0 unspecified atom stereocenters. The van der Waals surface area contributed by atoms with Crippen LogP contribution in [0.3, 0.4) is 0 Å². The first kappa shape index (κ1) is 12.4. The van der Waals surface area contributed by atoms with E-state index in [-0.39, 0.29) is 11.9 Å². The lowest BCUT2D eigenvalue weighted by molar-refractivity contribution is 0.0733. The Balaban J connectivity index is 1.92. The van der Waals surface area contributed by atoms with E-state index in [9.17, 15) is 4.79 Å². The summed E-state index contributed by atoms with van der Waals surface area (Å²) in [6, 6.07) is 9.11. The third-order valence-electron chi connectivity index (χ3n) is 3.46. The van der Waals surface area contributed by atoms with Crippen molar-refractivity contribution in [3.63, 3.8) is 0 Å². The number of hydrogen-bond donors (Lipinski definition) is 1. The van der Waals surface area contributed by atoms with Crippen LogP contribution in [0.1, 0.15) is 29.1 Å². The molecule has 20 heavy (non-hydrogen) atoms. The lowest BCUT2D eigenvalue weighted by Gasteiger charge is -2.22. The van der Waals surface area contributed by atoms with Crippen molar-refractivity contribution in [2.75, 3.05) is 7.05 Å². The Morgan fingerprint density at radius 2 is 2.15 bits per heavy atom. The predicted octanol–water partition coefficient (Wildman–Crippen LogP) is 2.38. The van der Waals surface area contributed by atoms with E-state index in [2.05, 4.69) is 15.4 Å². The minimum Gasteiger partial charge on any atom is -0.364 e. The van der Waals surface area contributed by atoms with Crippen molar-refractivity contribution in [2.24, 2.45) is 0 Å². The summed E-state index contributed by atoms with van der Waals surface area (Å²) in [5.41, 5.74) is 1.97. The van der Waals surface area contributed by atoms with Gasteiger partial charge in [0.25, 0.3) is 5.91 Å². The quantitative estimate of drug-likeness (QED) is 0.792. The van der Waals surface area contributed by atoms with E-state index in [1.165, 1.54) is 6.26 Å². The Bertz CT molecular complexity index is 733. The highest BCUT2D eigenvalue weighted by atomic mass is 16.5. The van der Waals surface area contributed by atoms with E-state index in [0.717, 1.165) is 10.9 Å². The largest absolute Gasteiger partial charge is 0.364 e. The standard InChI is InChI=1S/C14H14N4O2/c1-9(11-7-8-20-17-11)18(2)14(19)13-10-5-3-4-6-12(10)15-16-13/h3-9H,1-2H3,(H,15,16)/t9-/m0/s1. The molecule has 0 bridgehead atoms. The number of rotatable bonds is 3. The average molecular weight is 270 g/mol. The van der Waals surface area contributed by atoms with E-state index in [1.54, 1.807) is 18.0 Å². The molecule has 0 radical (unpaired) electrons. The molecule has 0 aliphatic heterocycles. The molecule has 1 atom stereocenters. The highest BCUT2D eigenvalue weighted by molar-refractivity contribution is 6.04. The number of aromatic amines is 1. The molecule has 102 valence electrons. The van der Waals surface area contributed by atoms with E-state index < -0.39 is 0 Å². The summed E-state index contributed by atoms with van der Waals surface area (Å²) < 4.78 is 4.82. The van der Waals surface area contributed by atoms with Gasteiger partial charge in [0.05, 0.1) is 11.6 Å². The minimum absolute atomic E-state index is 0.155. The molecule has 3 aromatic rings. The Morgan fingerprint density at radius 1 is 1.35 bits per heavy atom. The van der Waals surface area contributed by atoms with Gasteiger partial charge in [0.1, 0.15) is 12.0 Å². The highest BCUT2D eigenvalue weighted by Crippen LogP contribution is 2.22. The van der Waals surface area contributed by atoms with E-state index in [1.807, 2.05) is 31.2 Å². The summed E-state index contributed by atoms with van der Waals surface area (Å²) in [6.07, 6.45) is 1.49. The fourth-order valence-electron chi connectivity index (χ4n) is 2.11. The Kier molecular flexibility index (Phi) is 2.98. The van der Waals surface area contributed by atoms with Gasteiger partial charge in [-0.3, -0.25) is 9.89 Å². The van der Waals surface area contributed by atoms with Crippen molar-refractivity contribution in [1.29, 1.82) is 0 Å². The third-order valence-corrected chi connectivity index (χ3v) is 3.46. The lowest BCUT2D eigenvalue weighted by atomic mass is 10.1. The normalized spacial score (nSPS) is 12.5. The zero-order valence-electron chi connectivity index (χ0n) is 11.2. The van der Waals surface area contributed by atoms with Crippen molar-refractivity contribution in [2.45, 2.75) is 13.0 Å². The molecule has 0 aliphatic rings. The monoisotopic (exact) mass is 270 g/mol. The second-order valence-electron chi connectivity index (χ2n) is 4.63. The number of amides is 1. The van der Waals surface area contributed by atoms with Crippen LogP contribution in [0.5, 0.6) is 0 Å². The number of H-pyrrole nitrogens is 1. The Hall–Kier alpha value is -2.63. The molecular weight excluding hydrogens is 256 g/mol. The van der Waals surface area contributed by atoms with Gasteiger partial charge in [-0.15, -0.1) is 0 Å². The molecule has 0 saturated heterocycles. The number of hydrogen-bond acceptors (Lipinski definition) is 4. The van der Waals surface area contributed by atoms with Crippen LogP contribution < -0.4 is 0 Å². The molecule has 1 amide bonds. The molecule has 2 aromatic heterocycles. The van der Waals surface area contributed by atoms with Gasteiger partial charge in [-0.1, -0.05) is 23.4 Å². The summed E-state index contributed by atoms with van der Waals surface area (Å²) in [5.74, 6) is -0.155. The zero-order valence-corrected chi connectivity index (χ0v) is 11.2. The van der Waals surface area contributed by atoms with Gasteiger partial charge in [0.15, 0.2) is 5.69 Å². The van der Waals surface area contributed by atoms with E-state index in [4.69, 9.17) is 4.52 Å². The maximum atomic E-state index is 12.5. The van der Waals surface area contributed by atoms with Crippen LogP contribution >= 0.6 is 0 Å². The topological polar surface area (TPSA) is 75.0 Å². The van der Waals surface area contributed by atoms with Crippen LogP contribution in [0.15, 0.2) is 41.1 Å². The van der Waals surface area contributed by atoms with Crippen molar-refractivity contribution in [1.82, 2.24) is 20.3 Å². The Morgan fingerprint density at radius 3 is 2.90 bits per heavy atom. The van der Waals surface area contributed by atoms with Gasteiger partial charge in [0.2, 0.25) is 0 Å². The first-order chi connectivity index (χ1) is 9.68. The SMILES string of the molecule is C[C@@H](c1ccon1)N(C)C(=O)c1n[nH]c2ccccc12. The molecule has 1 aromatic carbocycles. The van der Waals surface area contributed by atoms with Crippen molar-refractivity contribution < 1.29 is 9.32 Å². The second kappa shape index (κ2) is 4.80. The van der Waals surface area contributed by atoms with Gasteiger partial charge in [0, 0.05) is 18.5 Å². The van der Waals surface area contributed by atoms with Crippen molar-refractivity contribution >= 4 is 16.8 Å². The number of aromatic nitrogens is 3. The lowest BCUT2D eigenvalue weighted by Crippen LogP contribution is -2.30. The van der Waals surface area contributed by atoms with Gasteiger partial charge in [-0.05, 0) is 13.0 Å². The fourth-order valence-corrected chi connectivity index (χ4v) is 2.11. The molecular formula is C14H14N4O2. The minimum atomic E-state index is -0.184. The second-order valence-corrected chi connectivity index (χ2v) is 4.63. The highest BCUT2D eigenvalue weighted by Gasteiger charge is 2.24. The summed E-state index contributed by atoms with van der Waals surface area (Å²) in [5, 5.41) is 11.7. The first-order valence-corrected chi connectivity index (χ1v) is 6.29. The molecule has 6 heteroatoms. The number of nitrogens with one attached hydrogen (secondary N) is 1. The molecule has 6 nitrogen and oxygen atoms in total. The van der Waals surface area contributed by atoms with Crippen LogP contribution in [0.25, 0.3) is 10.9 Å². The van der Waals surface area contributed by atoms with Crippen LogP contribution in [0, 0.1) is 0 Å². The maximum Gasteiger partial charge on any atom is 0.275 e. The number of para-hydroxylation sites is 1. The van der Waals surface area contributed by atoms with Crippen LogP contribution in [0.4, 0.5) is 0 Å². The van der Waals surface area contributed by atoms with Crippen LogP contribution in [0.2, 0.25) is 0 Å². The van der Waals surface area contributed by atoms with Gasteiger partial charge in [-0.2, -0.15) is 5.10 Å². The fraction of sp³-hybridized carbons (Fsp3) is 0.214. The molecule has 1 N–H and O–H groups in total. The molecule has 0 spiro atoms. The molecule has 2 heterocycles. The molecule has 0 aliphatic carbocycles. The number of fused-ring (bicyclic) bond motifs is 1. The number of nitrogens with zero attached hydrogens (tertiary/aromatic N) is 3. The van der Waals surface area contributed by atoms with Crippen LogP contribution in [-0.2, 0) is 0 Å². The van der Waals surface area contributed by atoms with Crippen molar-refractivity contribution in [3.8, 4) is 0 Å². The van der Waals surface area contributed by atoms with E-state index in [0.29, 0.717) is 11.4 Å². The Labute approximate surface area is 115 Å². The molecule has 0 saturated carbocycles. The van der Waals surface area contributed by atoms with Gasteiger partial charge >= 0.3 is 0 Å². The number of carbonyl (C=O) groups is 1. The summed E-state index contributed by atoms with van der Waals surface area (Å²) >= 11 is 0. The number of carbonyl (C=O) groups excluding carboxylic acids is 1. The predicted molar refractivity (Wildman–Crippen MR) is 73.1 cm³/mol. The summed E-state index contributed by atoms with van der Waals surface area (Å²) in [4.78, 5) is 14.1. The van der Waals surface area contributed by atoms with Gasteiger partial charge in [-0.25, -0.2) is 0 Å². The zero-order chi connectivity index (χ0) is 14.1. The molecule has 0 fully saturated rings. The van der Waals surface area contributed by atoms with E-state index >= 15 is 0 Å². The average Bonchev–Trinajstić information content (AvgIpc) is 3.14. The third kappa shape index (κ3) is 1.95. The van der Waals surface area contributed by atoms with Gasteiger partial charge < -0.3 is 9.42 Å². The summed E-state index contributed by atoms with van der Waals surface area (Å²) in [7, 11) is 1.73. The first-order valence-electron chi connectivity index (χ1n) is 6.29. The molecule has 3 rings (SSSR count). The number of benzene rings is 1. The smallest absolute Gasteiger partial charge is 0.275 e. The van der Waals surface area contributed by atoms with Crippen molar-refractivity contribution in [3.05, 3.63) is 48.0 Å². The summed E-state index contributed by atoms with van der Waals surface area (Å²) in [6.45, 7) is 1.89.